The Morgan fingerprint density at radius 2 is 2.23 bits per heavy atom. The molecule has 1 atom stereocenters. The number of nitrogens with zero attached hydrogens (tertiary/aromatic N) is 6. The van der Waals surface area contributed by atoms with Crippen molar-refractivity contribution < 1.29 is 9.32 Å². The zero-order valence-electron chi connectivity index (χ0n) is 15.2. The first-order valence-electron chi connectivity index (χ1n) is 8.95. The Hall–Kier alpha value is -2.77. The predicted molar refractivity (Wildman–Crippen MR) is 94.4 cm³/mol. The number of hydrogen-bond donors (Lipinski definition) is 0. The summed E-state index contributed by atoms with van der Waals surface area (Å²) in [4.78, 5) is 28.0. The van der Waals surface area contributed by atoms with Crippen LogP contribution >= 0.6 is 0 Å². The fraction of sp³-hybridized carbons (Fsp3) is 0.500. The van der Waals surface area contributed by atoms with E-state index >= 15 is 0 Å². The lowest BCUT2D eigenvalue weighted by molar-refractivity contribution is 0.0710. The van der Waals surface area contributed by atoms with Gasteiger partial charge in [0, 0.05) is 19.3 Å². The van der Waals surface area contributed by atoms with E-state index in [0.717, 1.165) is 30.6 Å². The average Bonchev–Trinajstić information content (AvgIpc) is 3.33. The first kappa shape index (κ1) is 16.7. The van der Waals surface area contributed by atoms with Crippen LogP contribution in [0.1, 0.15) is 54.8 Å². The number of rotatable bonds is 4. The van der Waals surface area contributed by atoms with E-state index in [9.17, 15) is 4.79 Å². The van der Waals surface area contributed by atoms with E-state index < -0.39 is 0 Å². The maximum Gasteiger partial charge on any atom is 0.256 e. The van der Waals surface area contributed by atoms with E-state index in [0.29, 0.717) is 29.7 Å². The summed E-state index contributed by atoms with van der Waals surface area (Å²) in [5, 5.41) is 3.85. The highest BCUT2D eigenvalue weighted by atomic mass is 16.5. The van der Waals surface area contributed by atoms with Gasteiger partial charge in [0.15, 0.2) is 11.5 Å². The largest absolute Gasteiger partial charge is 0.337 e. The van der Waals surface area contributed by atoms with Crippen LogP contribution in [0.5, 0.6) is 0 Å². The Labute approximate surface area is 151 Å². The molecular formula is C18H22N6O2. The summed E-state index contributed by atoms with van der Waals surface area (Å²) in [5.41, 5.74) is 2.08. The molecule has 3 aromatic heterocycles. The number of carbonyl (C=O) groups excluding carboxylic acids is 1. The van der Waals surface area contributed by atoms with Gasteiger partial charge in [0.2, 0.25) is 5.89 Å². The summed E-state index contributed by atoms with van der Waals surface area (Å²) >= 11 is 0. The molecule has 8 nitrogen and oxygen atoms in total. The molecule has 1 aliphatic rings. The van der Waals surface area contributed by atoms with Crippen LogP contribution in [0.15, 0.2) is 23.1 Å². The van der Waals surface area contributed by atoms with E-state index in [-0.39, 0.29) is 11.9 Å². The lowest BCUT2D eigenvalue weighted by atomic mass is 10.2. The Bertz CT molecular complexity index is 944. The molecule has 0 saturated carbocycles. The lowest BCUT2D eigenvalue weighted by Gasteiger charge is -2.21. The molecule has 0 aromatic carbocycles. The van der Waals surface area contributed by atoms with E-state index in [1.165, 1.54) is 0 Å². The number of pyridine rings is 1. The second kappa shape index (κ2) is 6.51. The maximum atomic E-state index is 13.0. The standard InChI is InChI=1S/C18H22N6O2/c1-11(2)9-23-10-20-14-7-13(8-19-16(14)23)18(25)24-6-4-5-15(24)17-21-12(3)22-26-17/h7-8,10-11,15H,4-6,9H2,1-3H3. The van der Waals surface area contributed by atoms with Gasteiger partial charge in [-0.2, -0.15) is 4.98 Å². The summed E-state index contributed by atoms with van der Waals surface area (Å²) in [6, 6.07) is 1.65. The highest BCUT2D eigenvalue weighted by Gasteiger charge is 2.34. The van der Waals surface area contributed by atoms with Gasteiger partial charge in [-0.05, 0) is 31.7 Å². The van der Waals surface area contributed by atoms with Crippen molar-refractivity contribution in [1.29, 1.82) is 0 Å². The van der Waals surface area contributed by atoms with Crippen molar-refractivity contribution in [3.05, 3.63) is 35.9 Å². The third-order valence-corrected chi connectivity index (χ3v) is 4.61. The van der Waals surface area contributed by atoms with Gasteiger partial charge in [-0.15, -0.1) is 0 Å². The number of amides is 1. The van der Waals surface area contributed by atoms with Gasteiger partial charge < -0.3 is 14.0 Å². The third kappa shape index (κ3) is 2.95. The molecule has 1 saturated heterocycles. The molecule has 136 valence electrons. The molecule has 1 amide bonds. The number of imidazole rings is 1. The quantitative estimate of drug-likeness (QED) is 0.715. The molecule has 0 aliphatic carbocycles. The van der Waals surface area contributed by atoms with Gasteiger partial charge in [0.25, 0.3) is 5.91 Å². The van der Waals surface area contributed by atoms with Gasteiger partial charge in [-0.1, -0.05) is 19.0 Å². The number of likely N-dealkylation sites (tertiary alicyclic amines) is 1. The van der Waals surface area contributed by atoms with Crippen molar-refractivity contribution in [1.82, 2.24) is 29.6 Å². The summed E-state index contributed by atoms with van der Waals surface area (Å²) in [5.74, 6) is 1.51. The summed E-state index contributed by atoms with van der Waals surface area (Å²) in [6.07, 6.45) is 5.16. The normalized spacial score (nSPS) is 17.5. The topological polar surface area (TPSA) is 89.9 Å². The summed E-state index contributed by atoms with van der Waals surface area (Å²) in [7, 11) is 0. The molecule has 0 bridgehead atoms. The van der Waals surface area contributed by atoms with Gasteiger partial charge >= 0.3 is 0 Å². The van der Waals surface area contributed by atoms with Gasteiger partial charge in [0.1, 0.15) is 11.6 Å². The predicted octanol–water partition coefficient (Wildman–Crippen LogP) is 2.76. The van der Waals surface area contributed by atoms with Crippen molar-refractivity contribution in [2.24, 2.45) is 5.92 Å². The molecule has 0 spiro atoms. The molecule has 1 aliphatic heterocycles. The van der Waals surface area contributed by atoms with E-state index in [1.54, 1.807) is 24.3 Å². The van der Waals surface area contributed by atoms with Gasteiger partial charge in [-0.25, -0.2) is 9.97 Å². The SMILES string of the molecule is Cc1noc(C2CCCN2C(=O)c2cnc3c(c2)ncn3CC(C)C)n1. The fourth-order valence-electron chi connectivity index (χ4n) is 3.47. The van der Waals surface area contributed by atoms with Crippen LogP contribution < -0.4 is 0 Å². The van der Waals surface area contributed by atoms with E-state index in [1.807, 2.05) is 10.6 Å². The minimum Gasteiger partial charge on any atom is -0.337 e. The van der Waals surface area contributed by atoms with Gasteiger partial charge in [-0.3, -0.25) is 4.79 Å². The van der Waals surface area contributed by atoms with Crippen LogP contribution in [0.3, 0.4) is 0 Å². The first-order valence-corrected chi connectivity index (χ1v) is 8.95. The molecule has 1 unspecified atom stereocenters. The Morgan fingerprint density at radius 3 is 2.96 bits per heavy atom. The van der Waals surface area contributed by atoms with Crippen molar-refractivity contribution >= 4 is 17.1 Å². The molecular weight excluding hydrogens is 332 g/mol. The Balaban J connectivity index is 1.61. The highest BCUT2D eigenvalue weighted by Crippen LogP contribution is 2.32. The number of hydrogen-bond acceptors (Lipinski definition) is 6. The lowest BCUT2D eigenvalue weighted by Crippen LogP contribution is -2.30. The average molecular weight is 354 g/mol. The van der Waals surface area contributed by atoms with Crippen LogP contribution in [0.25, 0.3) is 11.2 Å². The van der Waals surface area contributed by atoms with Crippen molar-refractivity contribution in [3.8, 4) is 0 Å². The molecule has 26 heavy (non-hydrogen) atoms. The van der Waals surface area contributed by atoms with Crippen molar-refractivity contribution in [2.75, 3.05) is 6.54 Å². The van der Waals surface area contributed by atoms with Crippen LogP contribution in [-0.4, -0.2) is 42.0 Å². The number of aromatic nitrogens is 5. The minimum absolute atomic E-state index is 0.0730. The Morgan fingerprint density at radius 1 is 1.38 bits per heavy atom. The zero-order valence-corrected chi connectivity index (χ0v) is 15.2. The van der Waals surface area contributed by atoms with Crippen LogP contribution in [0.4, 0.5) is 0 Å². The number of carbonyl (C=O) groups is 1. The van der Waals surface area contributed by atoms with Crippen LogP contribution in [0.2, 0.25) is 0 Å². The smallest absolute Gasteiger partial charge is 0.256 e. The highest BCUT2D eigenvalue weighted by molar-refractivity contribution is 5.96. The fourth-order valence-corrected chi connectivity index (χ4v) is 3.47. The molecule has 4 rings (SSSR count). The second-order valence-corrected chi connectivity index (χ2v) is 7.19. The number of fused-ring (bicyclic) bond motifs is 1. The molecule has 8 heteroatoms. The van der Waals surface area contributed by atoms with Crippen molar-refractivity contribution in [3.63, 3.8) is 0 Å². The zero-order chi connectivity index (χ0) is 18.3. The molecule has 4 heterocycles. The van der Waals surface area contributed by atoms with E-state index in [2.05, 4.69) is 34.0 Å². The number of aryl methyl sites for hydroxylation is 1. The molecule has 3 aromatic rings. The minimum atomic E-state index is -0.169. The van der Waals surface area contributed by atoms with Gasteiger partial charge in [0.05, 0.1) is 11.9 Å². The first-order chi connectivity index (χ1) is 12.5. The molecule has 1 fully saturated rings. The third-order valence-electron chi connectivity index (χ3n) is 4.61. The van der Waals surface area contributed by atoms with Crippen LogP contribution in [0, 0.1) is 12.8 Å². The Kier molecular flexibility index (Phi) is 4.18. The monoisotopic (exact) mass is 354 g/mol. The second-order valence-electron chi connectivity index (χ2n) is 7.19. The summed E-state index contributed by atoms with van der Waals surface area (Å²) in [6.45, 7) is 7.60. The molecule has 0 N–H and O–H groups in total. The summed E-state index contributed by atoms with van der Waals surface area (Å²) < 4.78 is 7.31. The van der Waals surface area contributed by atoms with Crippen LogP contribution in [-0.2, 0) is 6.54 Å². The molecule has 0 radical (unpaired) electrons. The maximum absolute atomic E-state index is 13.0. The van der Waals surface area contributed by atoms with Crippen molar-refractivity contribution in [2.45, 2.75) is 46.2 Å². The van der Waals surface area contributed by atoms with E-state index in [4.69, 9.17) is 4.52 Å².